The van der Waals surface area contributed by atoms with E-state index in [-0.39, 0.29) is 0 Å². The molecule has 0 bridgehead atoms. The van der Waals surface area contributed by atoms with Crippen LogP contribution >= 0.6 is 0 Å². The molecule has 0 spiro atoms. The first-order valence-corrected chi connectivity index (χ1v) is 6.02. The van der Waals surface area contributed by atoms with E-state index in [0.29, 0.717) is 12.1 Å². The number of benzene rings is 1. The van der Waals surface area contributed by atoms with Gasteiger partial charge in [-0.15, -0.1) is 0 Å². The SMILES string of the molecule is CC(C)NC1CCN(c2ccc(F)c(F)c2)C1. The van der Waals surface area contributed by atoms with Crippen molar-refractivity contribution in [3.63, 3.8) is 0 Å². The Balaban J connectivity index is 2.02. The third-order valence-electron chi connectivity index (χ3n) is 3.03. The highest BCUT2D eigenvalue weighted by Gasteiger charge is 2.23. The quantitative estimate of drug-likeness (QED) is 0.873. The predicted molar refractivity (Wildman–Crippen MR) is 65.2 cm³/mol. The molecule has 1 aliphatic rings. The van der Waals surface area contributed by atoms with Gasteiger partial charge < -0.3 is 10.2 Å². The summed E-state index contributed by atoms with van der Waals surface area (Å²) in [5.41, 5.74) is 0.761. The molecule has 1 aliphatic heterocycles. The van der Waals surface area contributed by atoms with E-state index >= 15 is 0 Å². The molecule has 1 aromatic carbocycles. The first kappa shape index (κ1) is 12.3. The Kier molecular flexibility index (Phi) is 3.62. The molecule has 1 aromatic rings. The molecule has 0 aromatic heterocycles. The Morgan fingerprint density at radius 1 is 1.29 bits per heavy atom. The zero-order valence-electron chi connectivity index (χ0n) is 10.2. The fourth-order valence-corrected chi connectivity index (χ4v) is 2.28. The molecule has 1 fully saturated rings. The minimum absolute atomic E-state index is 0.433. The third kappa shape index (κ3) is 2.94. The summed E-state index contributed by atoms with van der Waals surface area (Å²) in [6.45, 7) is 5.96. The van der Waals surface area contributed by atoms with E-state index in [0.717, 1.165) is 25.2 Å². The molecule has 2 nitrogen and oxygen atoms in total. The molecular weight excluding hydrogens is 222 g/mol. The van der Waals surface area contributed by atoms with E-state index < -0.39 is 11.6 Å². The molecule has 94 valence electrons. The highest BCUT2D eigenvalue weighted by molar-refractivity contribution is 5.48. The van der Waals surface area contributed by atoms with Crippen molar-refractivity contribution in [3.8, 4) is 0 Å². The van der Waals surface area contributed by atoms with Crippen molar-refractivity contribution >= 4 is 5.69 Å². The summed E-state index contributed by atoms with van der Waals surface area (Å²) >= 11 is 0. The van der Waals surface area contributed by atoms with Gasteiger partial charge in [0.25, 0.3) is 0 Å². The smallest absolute Gasteiger partial charge is 0.160 e. The van der Waals surface area contributed by atoms with Crippen LogP contribution in [-0.2, 0) is 0 Å². The molecule has 1 atom stereocenters. The first-order chi connectivity index (χ1) is 8.06. The number of nitrogens with one attached hydrogen (secondary N) is 1. The fourth-order valence-electron chi connectivity index (χ4n) is 2.28. The van der Waals surface area contributed by atoms with Gasteiger partial charge in [-0.1, -0.05) is 13.8 Å². The maximum atomic E-state index is 13.1. The van der Waals surface area contributed by atoms with Gasteiger partial charge in [0, 0.05) is 36.9 Å². The molecule has 0 aliphatic carbocycles. The summed E-state index contributed by atoms with van der Waals surface area (Å²) in [4.78, 5) is 2.09. The van der Waals surface area contributed by atoms with Gasteiger partial charge in [0.05, 0.1) is 0 Å². The summed E-state index contributed by atoms with van der Waals surface area (Å²) in [5.74, 6) is -1.56. The summed E-state index contributed by atoms with van der Waals surface area (Å²) in [6, 6.07) is 4.98. The number of halogens is 2. The van der Waals surface area contributed by atoms with Crippen LogP contribution in [-0.4, -0.2) is 25.2 Å². The maximum absolute atomic E-state index is 13.1. The molecule has 0 radical (unpaired) electrons. The van der Waals surface area contributed by atoms with Gasteiger partial charge in [-0.05, 0) is 18.6 Å². The molecule has 2 rings (SSSR count). The van der Waals surface area contributed by atoms with Gasteiger partial charge in [0.2, 0.25) is 0 Å². The zero-order valence-corrected chi connectivity index (χ0v) is 10.2. The Hall–Kier alpha value is -1.16. The summed E-state index contributed by atoms with van der Waals surface area (Å²) in [6.07, 6.45) is 1.04. The molecule has 0 amide bonds. The van der Waals surface area contributed by atoms with Gasteiger partial charge in [-0.3, -0.25) is 0 Å². The van der Waals surface area contributed by atoms with Gasteiger partial charge >= 0.3 is 0 Å². The minimum Gasteiger partial charge on any atom is -0.370 e. The van der Waals surface area contributed by atoms with Crippen molar-refractivity contribution in [2.24, 2.45) is 0 Å². The lowest BCUT2D eigenvalue weighted by atomic mass is 10.2. The van der Waals surface area contributed by atoms with Crippen molar-refractivity contribution in [2.45, 2.75) is 32.4 Å². The fraction of sp³-hybridized carbons (Fsp3) is 0.538. The Bertz CT molecular complexity index is 393. The van der Waals surface area contributed by atoms with Crippen LogP contribution in [0.25, 0.3) is 0 Å². The molecule has 1 unspecified atom stereocenters. The van der Waals surface area contributed by atoms with Crippen molar-refractivity contribution in [2.75, 3.05) is 18.0 Å². The van der Waals surface area contributed by atoms with Crippen molar-refractivity contribution in [1.29, 1.82) is 0 Å². The largest absolute Gasteiger partial charge is 0.370 e. The third-order valence-corrected chi connectivity index (χ3v) is 3.03. The van der Waals surface area contributed by atoms with Crippen LogP contribution in [0.3, 0.4) is 0 Å². The number of hydrogen-bond donors (Lipinski definition) is 1. The molecule has 0 saturated carbocycles. The van der Waals surface area contributed by atoms with Crippen LogP contribution in [0.15, 0.2) is 18.2 Å². The van der Waals surface area contributed by atoms with Crippen LogP contribution in [0.5, 0.6) is 0 Å². The van der Waals surface area contributed by atoms with Crippen LogP contribution in [0.2, 0.25) is 0 Å². The summed E-state index contributed by atoms with van der Waals surface area (Å²) in [7, 11) is 0. The van der Waals surface area contributed by atoms with Crippen molar-refractivity contribution in [1.82, 2.24) is 5.32 Å². The number of hydrogen-bond acceptors (Lipinski definition) is 2. The van der Waals surface area contributed by atoms with Gasteiger partial charge in [0.15, 0.2) is 11.6 Å². The van der Waals surface area contributed by atoms with Crippen molar-refractivity contribution < 1.29 is 8.78 Å². The molecule has 1 saturated heterocycles. The van der Waals surface area contributed by atoms with Crippen LogP contribution in [0.4, 0.5) is 14.5 Å². The Morgan fingerprint density at radius 2 is 2.06 bits per heavy atom. The van der Waals surface area contributed by atoms with E-state index in [9.17, 15) is 8.78 Å². The summed E-state index contributed by atoms with van der Waals surface area (Å²) in [5, 5.41) is 3.46. The second-order valence-corrected chi connectivity index (χ2v) is 4.85. The minimum atomic E-state index is -0.787. The average molecular weight is 240 g/mol. The highest BCUT2D eigenvalue weighted by atomic mass is 19.2. The monoisotopic (exact) mass is 240 g/mol. The lowest BCUT2D eigenvalue weighted by Gasteiger charge is -2.20. The van der Waals surface area contributed by atoms with Crippen LogP contribution in [0, 0.1) is 11.6 Å². The number of rotatable bonds is 3. The maximum Gasteiger partial charge on any atom is 0.160 e. The number of anilines is 1. The highest BCUT2D eigenvalue weighted by Crippen LogP contribution is 2.22. The normalized spacial score (nSPS) is 20.3. The van der Waals surface area contributed by atoms with Crippen LogP contribution < -0.4 is 10.2 Å². The van der Waals surface area contributed by atoms with E-state index in [1.807, 2.05) is 0 Å². The lowest BCUT2D eigenvalue weighted by Crippen LogP contribution is -2.37. The second kappa shape index (κ2) is 5.00. The van der Waals surface area contributed by atoms with E-state index in [1.165, 1.54) is 12.1 Å². The van der Waals surface area contributed by atoms with Crippen molar-refractivity contribution in [3.05, 3.63) is 29.8 Å². The zero-order chi connectivity index (χ0) is 12.4. The standard InChI is InChI=1S/C13H18F2N2/c1-9(2)16-10-5-6-17(8-10)11-3-4-12(14)13(15)7-11/h3-4,7,9-10,16H,5-6,8H2,1-2H3. The topological polar surface area (TPSA) is 15.3 Å². The summed E-state index contributed by atoms with van der Waals surface area (Å²) < 4.78 is 26.0. The molecule has 4 heteroatoms. The van der Waals surface area contributed by atoms with Gasteiger partial charge in [0.1, 0.15) is 0 Å². The molecule has 17 heavy (non-hydrogen) atoms. The first-order valence-electron chi connectivity index (χ1n) is 6.02. The predicted octanol–water partition coefficient (Wildman–Crippen LogP) is 2.54. The lowest BCUT2D eigenvalue weighted by molar-refractivity contribution is 0.491. The Morgan fingerprint density at radius 3 is 2.71 bits per heavy atom. The van der Waals surface area contributed by atoms with Crippen LogP contribution in [0.1, 0.15) is 20.3 Å². The van der Waals surface area contributed by atoms with Gasteiger partial charge in [-0.2, -0.15) is 0 Å². The second-order valence-electron chi connectivity index (χ2n) is 4.85. The van der Waals surface area contributed by atoms with E-state index in [2.05, 4.69) is 24.1 Å². The average Bonchev–Trinajstić information content (AvgIpc) is 2.69. The molecule has 1 N–H and O–H groups in total. The molecular formula is C13H18F2N2. The van der Waals surface area contributed by atoms with Gasteiger partial charge in [-0.25, -0.2) is 8.78 Å². The Labute approximate surface area is 101 Å². The molecule has 1 heterocycles. The van der Waals surface area contributed by atoms with E-state index in [1.54, 1.807) is 6.07 Å². The number of nitrogens with zero attached hydrogens (tertiary/aromatic N) is 1. The van der Waals surface area contributed by atoms with E-state index in [4.69, 9.17) is 0 Å².